The second kappa shape index (κ2) is 7.66. The van der Waals surface area contributed by atoms with Gasteiger partial charge in [-0.15, -0.1) is 0 Å². The molecule has 1 aromatic rings. The molecule has 0 saturated heterocycles. The van der Waals surface area contributed by atoms with E-state index in [0.29, 0.717) is 18.7 Å². The molecule has 0 aliphatic heterocycles. The van der Waals surface area contributed by atoms with Crippen LogP contribution in [0.2, 0.25) is 0 Å². The van der Waals surface area contributed by atoms with Gasteiger partial charge in [0.1, 0.15) is 0 Å². The summed E-state index contributed by atoms with van der Waals surface area (Å²) in [6.07, 6.45) is 0.737. The number of halogens is 1. The van der Waals surface area contributed by atoms with E-state index >= 15 is 0 Å². The topological polar surface area (TPSA) is 47.6 Å². The van der Waals surface area contributed by atoms with Crippen LogP contribution in [0.3, 0.4) is 0 Å². The van der Waals surface area contributed by atoms with Crippen molar-refractivity contribution in [3.8, 4) is 5.75 Å². The maximum absolute atomic E-state index is 13.5. The van der Waals surface area contributed by atoms with Gasteiger partial charge in [-0.25, -0.2) is 4.39 Å². The standard InChI is InChI=1S/C13H18FNO3/c1-10-5-3-6-11(13(10)14)18-9-12(16)15-7-4-8-17-2/h3,5-6H,4,7-9H2,1-2H3,(H,15,16). The fourth-order valence-electron chi connectivity index (χ4n) is 1.37. The highest BCUT2D eigenvalue weighted by Gasteiger charge is 2.08. The van der Waals surface area contributed by atoms with Crippen molar-refractivity contribution in [2.45, 2.75) is 13.3 Å². The normalized spacial score (nSPS) is 10.2. The first-order chi connectivity index (χ1) is 8.65. The lowest BCUT2D eigenvalue weighted by Gasteiger charge is -2.09. The Bertz CT molecular complexity index is 396. The van der Waals surface area contributed by atoms with Crippen molar-refractivity contribution >= 4 is 5.91 Å². The Morgan fingerprint density at radius 1 is 1.44 bits per heavy atom. The fourth-order valence-corrected chi connectivity index (χ4v) is 1.37. The summed E-state index contributed by atoms with van der Waals surface area (Å²) in [5.74, 6) is -0.598. The van der Waals surface area contributed by atoms with Crippen LogP contribution in [0.5, 0.6) is 5.75 Å². The Morgan fingerprint density at radius 3 is 2.94 bits per heavy atom. The highest BCUT2D eigenvalue weighted by Crippen LogP contribution is 2.19. The summed E-state index contributed by atoms with van der Waals surface area (Å²) < 4.78 is 23.5. The van der Waals surface area contributed by atoms with Gasteiger partial charge in [-0.05, 0) is 25.0 Å². The second-order valence-corrected chi connectivity index (χ2v) is 3.87. The number of nitrogens with one attached hydrogen (secondary N) is 1. The third kappa shape index (κ3) is 4.71. The quantitative estimate of drug-likeness (QED) is 0.754. The Hall–Kier alpha value is -1.62. The second-order valence-electron chi connectivity index (χ2n) is 3.87. The molecule has 1 rings (SSSR count). The molecule has 100 valence electrons. The van der Waals surface area contributed by atoms with Gasteiger partial charge >= 0.3 is 0 Å². The molecule has 0 aliphatic rings. The molecule has 5 heteroatoms. The average Bonchev–Trinajstić information content (AvgIpc) is 2.36. The van der Waals surface area contributed by atoms with Crippen LogP contribution >= 0.6 is 0 Å². The first kappa shape index (κ1) is 14.4. The van der Waals surface area contributed by atoms with Gasteiger partial charge in [0.25, 0.3) is 5.91 Å². The van der Waals surface area contributed by atoms with E-state index < -0.39 is 5.82 Å². The number of rotatable bonds is 7. The Labute approximate surface area is 106 Å². The molecule has 18 heavy (non-hydrogen) atoms. The predicted octanol–water partition coefficient (Wildman–Crippen LogP) is 1.67. The monoisotopic (exact) mass is 255 g/mol. The number of hydrogen-bond acceptors (Lipinski definition) is 3. The molecule has 0 radical (unpaired) electrons. The zero-order valence-corrected chi connectivity index (χ0v) is 10.7. The van der Waals surface area contributed by atoms with Crippen LogP contribution in [0.4, 0.5) is 4.39 Å². The van der Waals surface area contributed by atoms with E-state index in [-0.39, 0.29) is 18.3 Å². The minimum absolute atomic E-state index is 0.0991. The van der Waals surface area contributed by atoms with Crippen LogP contribution in [-0.2, 0) is 9.53 Å². The van der Waals surface area contributed by atoms with Gasteiger partial charge in [0.2, 0.25) is 0 Å². The third-order valence-corrected chi connectivity index (χ3v) is 2.36. The van der Waals surface area contributed by atoms with Crippen molar-refractivity contribution in [1.29, 1.82) is 0 Å². The number of methoxy groups -OCH3 is 1. The molecule has 0 atom stereocenters. The number of ether oxygens (including phenoxy) is 2. The highest BCUT2D eigenvalue weighted by molar-refractivity contribution is 5.77. The first-order valence-corrected chi connectivity index (χ1v) is 5.78. The maximum Gasteiger partial charge on any atom is 0.257 e. The van der Waals surface area contributed by atoms with Crippen molar-refractivity contribution in [3.63, 3.8) is 0 Å². The lowest BCUT2D eigenvalue weighted by molar-refractivity contribution is -0.123. The zero-order chi connectivity index (χ0) is 13.4. The molecule has 0 bridgehead atoms. The summed E-state index contributed by atoms with van der Waals surface area (Å²) in [7, 11) is 1.60. The van der Waals surface area contributed by atoms with Gasteiger partial charge in [0.05, 0.1) is 0 Å². The predicted molar refractivity (Wildman–Crippen MR) is 66.1 cm³/mol. The number of carbonyl (C=O) groups is 1. The summed E-state index contributed by atoms with van der Waals surface area (Å²) in [5, 5.41) is 2.66. The van der Waals surface area contributed by atoms with Crippen LogP contribution in [0.15, 0.2) is 18.2 Å². The molecule has 0 saturated carbocycles. The Balaban J connectivity index is 2.32. The van der Waals surface area contributed by atoms with E-state index in [1.54, 1.807) is 26.2 Å². The molecule has 0 fully saturated rings. The van der Waals surface area contributed by atoms with E-state index in [1.807, 2.05) is 0 Å². The SMILES string of the molecule is COCCCNC(=O)COc1cccc(C)c1F. The molecule has 0 aromatic heterocycles. The molecule has 1 amide bonds. The van der Waals surface area contributed by atoms with E-state index in [1.165, 1.54) is 6.07 Å². The molecular weight excluding hydrogens is 237 g/mol. The van der Waals surface area contributed by atoms with E-state index in [9.17, 15) is 9.18 Å². The largest absolute Gasteiger partial charge is 0.481 e. The molecule has 4 nitrogen and oxygen atoms in total. The van der Waals surface area contributed by atoms with Crippen LogP contribution in [-0.4, -0.2) is 32.8 Å². The van der Waals surface area contributed by atoms with Crippen LogP contribution < -0.4 is 10.1 Å². The summed E-state index contributed by atoms with van der Waals surface area (Å²) in [6.45, 7) is 2.57. The smallest absolute Gasteiger partial charge is 0.257 e. The van der Waals surface area contributed by atoms with Gasteiger partial charge in [-0.3, -0.25) is 4.79 Å². The number of hydrogen-bond donors (Lipinski definition) is 1. The molecule has 1 aromatic carbocycles. The van der Waals surface area contributed by atoms with E-state index in [2.05, 4.69) is 5.32 Å². The third-order valence-electron chi connectivity index (χ3n) is 2.36. The Morgan fingerprint density at radius 2 is 2.22 bits per heavy atom. The molecule has 0 heterocycles. The molecule has 0 aliphatic carbocycles. The fraction of sp³-hybridized carbons (Fsp3) is 0.462. The average molecular weight is 255 g/mol. The van der Waals surface area contributed by atoms with E-state index in [0.717, 1.165) is 6.42 Å². The van der Waals surface area contributed by atoms with Crippen molar-refractivity contribution in [2.24, 2.45) is 0 Å². The minimum atomic E-state index is -0.426. The van der Waals surface area contributed by atoms with Crippen LogP contribution in [0, 0.1) is 12.7 Å². The summed E-state index contributed by atoms with van der Waals surface area (Å²) in [6, 6.07) is 4.83. The lowest BCUT2D eigenvalue weighted by atomic mass is 10.2. The summed E-state index contributed by atoms with van der Waals surface area (Å²) >= 11 is 0. The number of amides is 1. The van der Waals surface area contributed by atoms with Crippen molar-refractivity contribution in [2.75, 3.05) is 26.9 Å². The molecule has 1 N–H and O–H groups in total. The van der Waals surface area contributed by atoms with Gasteiger partial charge in [0.15, 0.2) is 18.2 Å². The van der Waals surface area contributed by atoms with Gasteiger partial charge < -0.3 is 14.8 Å². The van der Waals surface area contributed by atoms with Gasteiger partial charge in [-0.1, -0.05) is 12.1 Å². The number of carbonyl (C=O) groups excluding carboxylic acids is 1. The minimum Gasteiger partial charge on any atom is -0.481 e. The van der Waals surface area contributed by atoms with Gasteiger partial charge in [-0.2, -0.15) is 0 Å². The van der Waals surface area contributed by atoms with Crippen molar-refractivity contribution < 1.29 is 18.7 Å². The first-order valence-electron chi connectivity index (χ1n) is 5.78. The molecule has 0 unspecified atom stereocenters. The van der Waals surface area contributed by atoms with E-state index in [4.69, 9.17) is 9.47 Å². The van der Waals surface area contributed by atoms with Crippen LogP contribution in [0.1, 0.15) is 12.0 Å². The number of benzene rings is 1. The molecular formula is C13H18FNO3. The highest BCUT2D eigenvalue weighted by atomic mass is 19.1. The lowest BCUT2D eigenvalue weighted by Crippen LogP contribution is -2.30. The number of aryl methyl sites for hydroxylation is 1. The Kier molecular flexibility index (Phi) is 6.14. The summed E-state index contributed by atoms with van der Waals surface area (Å²) in [5.41, 5.74) is 0.494. The van der Waals surface area contributed by atoms with Crippen molar-refractivity contribution in [1.82, 2.24) is 5.32 Å². The zero-order valence-electron chi connectivity index (χ0n) is 10.7. The maximum atomic E-state index is 13.5. The molecule has 0 spiro atoms. The van der Waals surface area contributed by atoms with Crippen molar-refractivity contribution in [3.05, 3.63) is 29.6 Å². The summed E-state index contributed by atoms with van der Waals surface area (Å²) in [4.78, 5) is 11.4. The van der Waals surface area contributed by atoms with Crippen LogP contribution in [0.25, 0.3) is 0 Å². The van der Waals surface area contributed by atoms with Gasteiger partial charge in [0, 0.05) is 20.3 Å².